The average Bonchev–Trinajstić information content (AvgIpc) is 2.19. The molecule has 0 aromatic heterocycles. The van der Waals surface area contributed by atoms with Crippen LogP contribution in [0.1, 0.15) is 27.2 Å². The zero-order valence-electron chi connectivity index (χ0n) is 10.5. The number of carbonyl (C=O) groups excluding carboxylic acids is 1. The fraction of sp³-hybridized carbons (Fsp3) is 0.909. The van der Waals surface area contributed by atoms with Gasteiger partial charge in [-0.15, -0.1) is 0 Å². The van der Waals surface area contributed by atoms with E-state index in [4.69, 9.17) is 5.11 Å². The fourth-order valence-corrected chi connectivity index (χ4v) is 1.72. The summed E-state index contributed by atoms with van der Waals surface area (Å²) in [5.74, 6) is 1.89. The minimum absolute atomic E-state index is 0.0206. The third-order valence-corrected chi connectivity index (χ3v) is 2.86. The van der Waals surface area contributed by atoms with E-state index in [-0.39, 0.29) is 18.1 Å². The summed E-state index contributed by atoms with van der Waals surface area (Å²) < 4.78 is 0. The lowest BCUT2D eigenvalue weighted by Gasteiger charge is -2.19. The number of aliphatic hydroxyl groups is 1. The van der Waals surface area contributed by atoms with Crippen molar-refractivity contribution in [2.45, 2.75) is 32.7 Å². The van der Waals surface area contributed by atoms with Gasteiger partial charge in [0.1, 0.15) is 0 Å². The number of hydrogen-bond donors (Lipinski definition) is 3. The Bertz CT molecular complexity index is 193. The van der Waals surface area contributed by atoms with Crippen LogP contribution in [0.4, 0.5) is 0 Å². The summed E-state index contributed by atoms with van der Waals surface area (Å²) in [5, 5.41) is 14.5. The minimum atomic E-state index is -0.0206. The first-order valence-corrected chi connectivity index (χ1v) is 6.81. The molecule has 0 radical (unpaired) electrons. The van der Waals surface area contributed by atoms with Crippen molar-refractivity contribution >= 4 is 17.7 Å². The number of nitrogens with one attached hydrogen (secondary N) is 2. The Labute approximate surface area is 103 Å². The van der Waals surface area contributed by atoms with Gasteiger partial charge in [-0.1, -0.05) is 0 Å². The maximum Gasteiger partial charge on any atom is 0.234 e. The lowest BCUT2D eigenvalue weighted by atomic mass is 10.1. The first-order chi connectivity index (χ1) is 7.45. The Morgan fingerprint density at radius 1 is 1.31 bits per heavy atom. The SMILES string of the molecule is CC(C)(C)NCC(=O)NCCSCCCO. The van der Waals surface area contributed by atoms with Crippen molar-refractivity contribution in [3.63, 3.8) is 0 Å². The number of rotatable bonds is 8. The summed E-state index contributed by atoms with van der Waals surface area (Å²) in [7, 11) is 0. The van der Waals surface area contributed by atoms with Crippen molar-refractivity contribution in [3.05, 3.63) is 0 Å². The van der Waals surface area contributed by atoms with Crippen molar-refractivity contribution in [1.29, 1.82) is 0 Å². The van der Waals surface area contributed by atoms with Crippen molar-refractivity contribution in [2.24, 2.45) is 0 Å². The summed E-state index contributed by atoms with van der Waals surface area (Å²) in [4.78, 5) is 11.4. The molecule has 0 unspecified atom stereocenters. The number of amides is 1. The lowest BCUT2D eigenvalue weighted by molar-refractivity contribution is -0.120. The van der Waals surface area contributed by atoms with Gasteiger partial charge in [-0.25, -0.2) is 0 Å². The standard InChI is InChI=1S/C11H24N2O2S/c1-11(2,3)13-9-10(15)12-5-8-16-7-4-6-14/h13-14H,4-9H2,1-3H3,(H,12,15). The fourth-order valence-electron chi connectivity index (χ4n) is 0.939. The third-order valence-electron chi connectivity index (χ3n) is 1.79. The molecule has 16 heavy (non-hydrogen) atoms. The summed E-state index contributed by atoms with van der Waals surface area (Å²) in [6, 6.07) is 0. The quantitative estimate of drug-likeness (QED) is 0.551. The molecule has 5 heteroatoms. The highest BCUT2D eigenvalue weighted by Gasteiger charge is 2.10. The van der Waals surface area contributed by atoms with Gasteiger partial charge in [0.15, 0.2) is 0 Å². The maximum absolute atomic E-state index is 11.4. The molecule has 0 aliphatic rings. The second-order valence-corrected chi connectivity index (χ2v) is 5.87. The van der Waals surface area contributed by atoms with Crippen LogP contribution in [0, 0.1) is 0 Å². The molecule has 0 saturated carbocycles. The molecular formula is C11H24N2O2S. The maximum atomic E-state index is 11.4. The predicted octanol–water partition coefficient (Wildman–Crippen LogP) is 0.606. The van der Waals surface area contributed by atoms with Gasteiger partial charge in [-0.05, 0) is 32.9 Å². The second kappa shape index (κ2) is 8.84. The molecule has 0 heterocycles. The number of thioether (sulfide) groups is 1. The molecule has 0 aromatic rings. The molecule has 0 atom stereocenters. The highest BCUT2D eigenvalue weighted by Crippen LogP contribution is 2.00. The van der Waals surface area contributed by atoms with E-state index in [1.54, 1.807) is 11.8 Å². The molecular weight excluding hydrogens is 224 g/mol. The van der Waals surface area contributed by atoms with Gasteiger partial charge in [-0.3, -0.25) is 4.79 Å². The van der Waals surface area contributed by atoms with Crippen LogP contribution in [0.3, 0.4) is 0 Å². The minimum Gasteiger partial charge on any atom is -0.396 e. The summed E-state index contributed by atoms with van der Waals surface area (Å²) >= 11 is 1.75. The zero-order chi connectivity index (χ0) is 12.4. The number of aliphatic hydroxyl groups excluding tert-OH is 1. The molecule has 0 aliphatic carbocycles. The first kappa shape index (κ1) is 15.7. The predicted molar refractivity (Wildman–Crippen MR) is 69.8 cm³/mol. The summed E-state index contributed by atoms with van der Waals surface area (Å²) in [6.45, 7) is 7.40. The van der Waals surface area contributed by atoms with E-state index in [0.29, 0.717) is 13.1 Å². The second-order valence-electron chi connectivity index (χ2n) is 4.64. The largest absolute Gasteiger partial charge is 0.396 e. The first-order valence-electron chi connectivity index (χ1n) is 5.66. The van der Waals surface area contributed by atoms with Crippen LogP contribution in [0.2, 0.25) is 0 Å². The molecule has 0 fully saturated rings. The highest BCUT2D eigenvalue weighted by molar-refractivity contribution is 7.99. The Hall–Kier alpha value is -0.260. The number of hydrogen-bond acceptors (Lipinski definition) is 4. The third kappa shape index (κ3) is 11.8. The van der Waals surface area contributed by atoms with Crippen molar-refractivity contribution in [3.8, 4) is 0 Å². The topological polar surface area (TPSA) is 61.4 Å². The molecule has 4 nitrogen and oxygen atoms in total. The molecule has 96 valence electrons. The van der Waals surface area contributed by atoms with Crippen molar-refractivity contribution in [2.75, 3.05) is 31.2 Å². The van der Waals surface area contributed by atoms with Gasteiger partial charge in [0.2, 0.25) is 5.91 Å². The van der Waals surface area contributed by atoms with E-state index < -0.39 is 0 Å². The lowest BCUT2D eigenvalue weighted by Crippen LogP contribution is -2.43. The molecule has 0 aromatic carbocycles. The van der Waals surface area contributed by atoms with Crippen LogP contribution < -0.4 is 10.6 Å². The zero-order valence-corrected chi connectivity index (χ0v) is 11.3. The van der Waals surface area contributed by atoms with Gasteiger partial charge in [-0.2, -0.15) is 11.8 Å². The monoisotopic (exact) mass is 248 g/mol. The Morgan fingerprint density at radius 2 is 2.00 bits per heavy atom. The smallest absolute Gasteiger partial charge is 0.234 e. The van der Waals surface area contributed by atoms with Gasteiger partial charge < -0.3 is 15.7 Å². The van der Waals surface area contributed by atoms with Gasteiger partial charge in [0.25, 0.3) is 0 Å². The van der Waals surface area contributed by atoms with Crippen LogP contribution in [-0.2, 0) is 4.79 Å². The van der Waals surface area contributed by atoms with Crippen LogP contribution in [0.15, 0.2) is 0 Å². The van der Waals surface area contributed by atoms with E-state index in [9.17, 15) is 4.79 Å². The van der Waals surface area contributed by atoms with Gasteiger partial charge >= 0.3 is 0 Å². The van der Waals surface area contributed by atoms with E-state index in [0.717, 1.165) is 17.9 Å². The molecule has 0 bridgehead atoms. The van der Waals surface area contributed by atoms with Gasteiger partial charge in [0.05, 0.1) is 6.54 Å². The van der Waals surface area contributed by atoms with E-state index in [1.807, 2.05) is 20.8 Å². The van der Waals surface area contributed by atoms with E-state index in [2.05, 4.69) is 10.6 Å². The molecule has 0 aliphatic heterocycles. The Balaban J connectivity index is 3.31. The molecule has 0 saturated heterocycles. The van der Waals surface area contributed by atoms with Crippen LogP contribution in [-0.4, -0.2) is 47.8 Å². The van der Waals surface area contributed by atoms with Crippen LogP contribution in [0.25, 0.3) is 0 Å². The van der Waals surface area contributed by atoms with Crippen LogP contribution >= 0.6 is 11.8 Å². The van der Waals surface area contributed by atoms with Gasteiger partial charge in [0, 0.05) is 24.4 Å². The Morgan fingerprint density at radius 3 is 2.56 bits per heavy atom. The van der Waals surface area contributed by atoms with Crippen LogP contribution in [0.5, 0.6) is 0 Å². The van der Waals surface area contributed by atoms with Crippen molar-refractivity contribution in [1.82, 2.24) is 10.6 Å². The molecule has 1 amide bonds. The molecule has 0 rings (SSSR count). The highest BCUT2D eigenvalue weighted by atomic mass is 32.2. The van der Waals surface area contributed by atoms with E-state index >= 15 is 0 Å². The van der Waals surface area contributed by atoms with E-state index in [1.165, 1.54) is 0 Å². The molecule has 3 N–H and O–H groups in total. The molecule has 0 spiro atoms. The average molecular weight is 248 g/mol. The Kier molecular flexibility index (Phi) is 8.70. The normalized spacial score (nSPS) is 11.5. The summed E-state index contributed by atoms with van der Waals surface area (Å²) in [5.41, 5.74) is -0.0206. The summed E-state index contributed by atoms with van der Waals surface area (Å²) in [6.07, 6.45) is 0.824. The number of carbonyl (C=O) groups is 1. The van der Waals surface area contributed by atoms with Crippen molar-refractivity contribution < 1.29 is 9.90 Å².